The van der Waals surface area contributed by atoms with Crippen LogP contribution in [0.15, 0.2) is 36.4 Å². The molecule has 21 heavy (non-hydrogen) atoms. The summed E-state index contributed by atoms with van der Waals surface area (Å²) in [7, 11) is 0. The number of hydrogen-bond acceptors (Lipinski definition) is 3. The van der Waals surface area contributed by atoms with Gasteiger partial charge in [0.1, 0.15) is 11.6 Å². The third-order valence-corrected chi connectivity index (χ3v) is 3.10. The molecule has 0 saturated heterocycles. The third-order valence-electron chi connectivity index (χ3n) is 3.10. The van der Waals surface area contributed by atoms with Crippen LogP contribution in [0.1, 0.15) is 18.1 Å². The van der Waals surface area contributed by atoms with Gasteiger partial charge in [0.25, 0.3) is 0 Å². The van der Waals surface area contributed by atoms with Crippen LogP contribution in [0.3, 0.4) is 0 Å². The first kappa shape index (κ1) is 15.2. The van der Waals surface area contributed by atoms with Crippen molar-refractivity contribution in [2.45, 2.75) is 20.0 Å². The Labute approximate surface area is 121 Å². The van der Waals surface area contributed by atoms with Crippen LogP contribution >= 0.6 is 0 Å². The molecule has 0 atom stereocenters. The Bertz CT molecular complexity index is 621. The highest BCUT2D eigenvalue weighted by Crippen LogP contribution is 2.34. The van der Waals surface area contributed by atoms with Gasteiger partial charge >= 0.3 is 6.18 Å². The van der Waals surface area contributed by atoms with Crippen LogP contribution in [-0.2, 0) is 6.18 Å². The summed E-state index contributed by atoms with van der Waals surface area (Å²) >= 11 is 0. The maximum absolute atomic E-state index is 12.9. The molecule has 112 valence electrons. The van der Waals surface area contributed by atoms with Crippen LogP contribution in [0.5, 0.6) is 0 Å². The van der Waals surface area contributed by atoms with E-state index >= 15 is 0 Å². The van der Waals surface area contributed by atoms with Gasteiger partial charge in [0, 0.05) is 12.2 Å². The minimum absolute atomic E-state index is 0.148. The first-order chi connectivity index (χ1) is 9.81. The van der Waals surface area contributed by atoms with Gasteiger partial charge in [-0.2, -0.15) is 13.2 Å². The summed E-state index contributed by atoms with van der Waals surface area (Å²) in [5, 5.41) is 0. The van der Waals surface area contributed by atoms with Crippen LogP contribution < -0.4 is 10.6 Å². The Morgan fingerprint density at radius 2 is 1.76 bits per heavy atom. The van der Waals surface area contributed by atoms with E-state index in [9.17, 15) is 13.2 Å². The van der Waals surface area contributed by atoms with Crippen molar-refractivity contribution in [1.82, 2.24) is 4.98 Å². The van der Waals surface area contributed by atoms with Crippen molar-refractivity contribution in [2.75, 3.05) is 17.2 Å². The monoisotopic (exact) mass is 295 g/mol. The zero-order valence-corrected chi connectivity index (χ0v) is 11.8. The highest BCUT2D eigenvalue weighted by molar-refractivity contribution is 5.62. The number of alkyl halides is 3. The number of nitrogen functional groups attached to an aromatic ring is 1. The van der Waals surface area contributed by atoms with Crippen LogP contribution in [0.4, 0.5) is 30.5 Å². The number of hydrogen-bond donors (Lipinski definition) is 1. The molecule has 0 aliphatic carbocycles. The number of pyridine rings is 1. The lowest BCUT2D eigenvalue weighted by Crippen LogP contribution is -2.19. The molecule has 0 bridgehead atoms. The summed E-state index contributed by atoms with van der Waals surface area (Å²) in [5.74, 6) is 0.0408. The van der Waals surface area contributed by atoms with Crippen LogP contribution in [0, 0.1) is 6.92 Å². The lowest BCUT2D eigenvalue weighted by Gasteiger charge is -2.23. The van der Waals surface area contributed by atoms with E-state index in [1.807, 2.05) is 38.1 Å². The molecule has 0 unspecified atom stereocenters. The van der Waals surface area contributed by atoms with Gasteiger partial charge in [-0.05, 0) is 38.1 Å². The molecule has 0 spiro atoms. The molecule has 0 fully saturated rings. The number of benzene rings is 1. The molecule has 0 aliphatic heterocycles. The molecule has 6 heteroatoms. The molecule has 1 heterocycles. The summed E-state index contributed by atoms with van der Waals surface area (Å²) in [5.41, 5.74) is 6.57. The summed E-state index contributed by atoms with van der Waals surface area (Å²) in [6.07, 6.45) is -4.45. The zero-order chi connectivity index (χ0) is 15.6. The lowest BCUT2D eigenvalue weighted by molar-refractivity contribution is -0.137. The Morgan fingerprint density at radius 1 is 1.14 bits per heavy atom. The molecule has 3 nitrogen and oxygen atoms in total. The molecule has 0 aliphatic rings. The molecule has 2 rings (SSSR count). The Balaban J connectivity index is 2.47. The topological polar surface area (TPSA) is 42.1 Å². The Kier molecular flexibility index (Phi) is 4.06. The largest absolute Gasteiger partial charge is 0.416 e. The van der Waals surface area contributed by atoms with Crippen molar-refractivity contribution in [3.63, 3.8) is 0 Å². The predicted octanol–water partition coefficient (Wildman–Crippen LogP) is 4.15. The number of nitrogens with two attached hydrogens (primary N) is 1. The molecule has 1 aromatic carbocycles. The van der Waals surface area contributed by atoms with Crippen LogP contribution in [-0.4, -0.2) is 11.5 Å². The first-order valence-electron chi connectivity index (χ1n) is 6.50. The minimum Gasteiger partial charge on any atom is -0.384 e. The number of nitrogens with zero attached hydrogens (tertiary/aromatic N) is 2. The molecule has 0 radical (unpaired) electrons. The maximum atomic E-state index is 12.9. The summed E-state index contributed by atoms with van der Waals surface area (Å²) < 4.78 is 38.6. The van der Waals surface area contributed by atoms with Gasteiger partial charge in [-0.3, -0.25) is 0 Å². The van der Waals surface area contributed by atoms with E-state index in [1.165, 1.54) is 0 Å². The molecule has 2 N–H and O–H groups in total. The molecular formula is C15H16F3N3. The number of aromatic nitrogens is 1. The van der Waals surface area contributed by atoms with Gasteiger partial charge in [-0.25, -0.2) is 4.98 Å². The smallest absolute Gasteiger partial charge is 0.384 e. The normalized spacial score (nSPS) is 11.5. The van der Waals surface area contributed by atoms with Crippen LogP contribution in [0.25, 0.3) is 0 Å². The predicted molar refractivity (Wildman–Crippen MR) is 77.5 cm³/mol. The molecule has 1 aromatic heterocycles. The Hall–Kier alpha value is -2.24. The number of halogens is 3. The second-order valence-electron chi connectivity index (χ2n) is 4.72. The van der Waals surface area contributed by atoms with Crippen LogP contribution in [0.2, 0.25) is 0 Å². The fourth-order valence-electron chi connectivity index (χ4n) is 2.04. The van der Waals surface area contributed by atoms with Crippen molar-refractivity contribution in [1.29, 1.82) is 0 Å². The average molecular weight is 295 g/mol. The summed E-state index contributed by atoms with van der Waals surface area (Å²) in [6.45, 7) is 4.27. The Morgan fingerprint density at radius 3 is 2.29 bits per heavy atom. The van der Waals surface area contributed by atoms with Crippen molar-refractivity contribution < 1.29 is 13.2 Å². The summed E-state index contributed by atoms with van der Waals surface area (Å²) in [6, 6.07) is 9.34. The quantitative estimate of drug-likeness (QED) is 0.925. The molecule has 0 saturated carbocycles. The van der Waals surface area contributed by atoms with Gasteiger partial charge in [0.05, 0.1) is 5.56 Å². The van der Waals surface area contributed by atoms with E-state index in [4.69, 9.17) is 5.73 Å². The van der Waals surface area contributed by atoms with Crippen molar-refractivity contribution >= 4 is 17.3 Å². The van der Waals surface area contributed by atoms with E-state index in [0.717, 1.165) is 23.4 Å². The molecular weight excluding hydrogens is 279 g/mol. The van der Waals surface area contributed by atoms with Gasteiger partial charge in [-0.1, -0.05) is 17.7 Å². The lowest BCUT2D eigenvalue weighted by atomic mass is 10.2. The van der Waals surface area contributed by atoms with Crippen molar-refractivity contribution in [3.05, 3.63) is 47.5 Å². The third kappa shape index (κ3) is 3.45. The summed E-state index contributed by atoms with van der Waals surface area (Å²) in [4.78, 5) is 5.71. The van der Waals surface area contributed by atoms with Gasteiger partial charge in [0.15, 0.2) is 0 Å². The van der Waals surface area contributed by atoms with Crippen molar-refractivity contribution in [3.8, 4) is 0 Å². The van der Waals surface area contributed by atoms with Gasteiger partial charge < -0.3 is 10.6 Å². The molecule has 0 amide bonds. The average Bonchev–Trinajstić information content (AvgIpc) is 2.40. The number of aryl methyl sites for hydroxylation is 1. The highest BCUT2D eigenvalue weighted by Gasteiger charge is 2.32. The fourth-order valence-corrected chi connectivity index (χ4v) is 2.04. The van der Waals surface area contributed by atoms with Gasteiger partial charge in [0.2, 0.25) is 0 Å². The number of anilines is 3. The first-order valence-corrected chi connectivity index (χ1v) is 6.50. The number of rotatable bonds is 3. The standard InChI is InChI=1S/C15H16F3N3/c1-3-21(12-6-4-10(2)5-7-12)14-9-11(15(16,17)18)8-13(19)20-14/h4-9H,3H2,1-2H3,(H2,19,20). The zero-order valence-electron chi connectivity index (χ0n) is 11.8. The van der Waals surface area contributed by atoms with Crippen molar-refractivity contribution in [2.24, 2.45) is 0 Å². The van der Waals surface area contributed by atoms with E-state index in [0.29, 0.717) is 6.54 Å². The van der Waals surface area contributed by atoms with E-state index in [1.54, 1.807) is 4.90 Å². The second-order valence-corrected chi connectivity index (χ2v) is 4.72. The fraction of sp³-hybridized carbons (Fsp3) is 0.267. The minimum atomic E-state index is -4.45. The highest BCUT2D eigenvalue weighted by atomic mass is 19.4. The van der Waals surface area contributed by atoms with E-state index in [-0.39, 0.29) is 11.6 Å². The maximum Gasteiger partial charge on any atom is 0.416 e. The van der Waals surface area contributed by atoms with E-state index in [2.05, 4.69) is 4.98 Å². The second kappa shape index (κ2) is 5.63. The van der Waals surface area contributed by atoms with E-state index < -0.39 is 11.7 Å². The SMILES string of the molecule is CCN(c1ccc(C)cc1)c1cc(C(F)(F)F)cc(N)n1. The molecule has 2 aromatic rings. The van der Waals surface area contributed by atoms with Gasteiger partial charge in [-0.15, -0.1) is 0 Å².